The van der Waals surface area contributed by atoms with Crippen LogP contribution in [0.3, 0.4) is 0 Å². The molecule has 0 amide bonds. The molecule has 2 aliphatic rings. The zero-order valence-corrected chi connectivity index (χ0v) is 17.6. The topological polar surface area (TPSA) is 87.8 Å². The van der Waals surface area contributed by atoms with Gasteiger partial charge in [-0.2, -0.15) is 8.78 Å². The third-order valence-electron chi connectivity index (χ3n) is 6.13. The zero-order valence-electron chi connectivity index (χ0n) is 17.6. The smallest absolute Gasteiger partial charge is 0.387 e. The van der Waals surface area contributed by atoms with Crippen LogP contribution in [0.25, 0.3) is 16.8 Å². The fraction of sp³-hybridized carbons (Fsp3) is 0.500. The molecule has 1 aliphatic carbocycles. The van der Waals surface area contributed by atoms with E-state index in [0.717, 1.165) is 44.3 Å². The van der Waals surface area contributed by atoms with E-state index in [1.165, 1.54) is 0 Å². The van der Waals surface area contributed by atoms with Crippen LogP contribution in [0.4, 0.5) is 14.7 Å². The van der Waals surface area contributed by atoms with Crippen LogP contribution in [-0.4, -0.2) is 68.5 Å². The van der Waals surface area contributed by atoms with Crippen LogP contribution >= 0.6 is 0 Å². The number of ether oxygens (including phenoxy) is 1. The second kappa shape index (κ2) is 8.95. The second-order valence-corrected chi connectivity index (χ2v) is 8.44. The summed E-state index contributed by atoms with van der Waals surface area (Å²) < 4.78 is 32.9. The number of piperidine rings is 1. The summed E-state index contributed by atoms with van der Waals surface area (Å²) in [7, 11) is 0. The molecular weight excluding hydrogens is 418 g/mol. The predicted octanol–water partition coefficient (Wildman–Crippen LogP) is 3.14. The van der Waals surface area contributed by atoms with Gasteiger partial charge in [0.1, 0.15) is 17.8 Å². The van der Waals surface area contributed by atoms with Gasteiger partial charge < -0.3 is 15.2 Å². The number of β-amino-alcohol motifs (C(OH)–C–C–N with tert-alkyl or cyclic N) is 1. The Balaban J connectivity index is 1.46. The first kappa shape index (κ1) is 21.0. The highest BCUT2D eigenvalue weighted by Crippen LogP contribution is 2.43. The highest BCUT2D eigenvalue weighted by atomic mass is 19.3. The van der Waals surface area contributed by atoms with Gasteiger partial charge in [-0.1, -0.05) is 6.07 Å². The van der Waals surface area contributed by atoms with E-state index in [9.17, 15) is 13.9 Å². The molecule has 1 aliphatic heterocycles. The monoisotopic (exact) mass is 444 g/mol. The van der Waals surface area contributed by atoms with Crippen LogP contribution in [0.1, 0.15) is 37.2 Å². The molecule has 0 radical (unpaired) electrons. The Labute approximate surface area is 184 Å². The Morgan fingerprint density at radius 2 is 2.09 bits per heavy atom. The fourth-order valence-electron chi connectivity index (χ4n) is 4.43. The maximum absolute atomic E-state index is 13.1. The number of alkyl halides is 2. The molecule has 2 N–H and O–H groups in total. The minimum Gasteiger partial charge on any atom is -0.434 e. The van der Waals surface area contributed by atoms with Gasteiger partial charge in [0.25, 0.3) is 0 Å². The normalized spacial score (nSPS) is 19.6. The van der Waals surface area contributed by atoms with Crippen molar-refractivity contribution in [3.05, 3.63) is 36.3 Å². The number of hydrogen-bond donors (Lipinski definition) is 2. The van der Waals surface area contributed by atoms with Crippen LogP contribution in [0.15, 0.2) is 30.7 Å². The summed E-state index contributed by atoms with van der Waals surface area (Å²) in [6.07, 6.45) is 7.43. The van der Waals surface area contributed by atoms with E-state index in [1.54, 1.807) is 29.1 Å². The molecule has 8 nitrogen and oxygen atoms in total. The first-order valence-electron chi connectivity index (χ1n) is 11.0. The first-order valence-corrected chi connectivity index (χ1v) is 11.0. The number of anilines is 1. The standard InChI is InChI=1S/C22H26F2N6O2/c23-21(24)32-19-10-15(14-3-4-14)5-6-17(19)20-18-11-25-13-30(18)22(28-27-20)26-16-2-1-7-29(12-16)8-9-31/h5-6,10-11,13-14,16,21,31H,1-4,7-9,12H2,(H,26,28). The Hall–Kier alpha value is -2.85. The zero-order chi connectivity index (χ0) is 22.1. The largest absolute Gasteiger partial charge is 0.434 e. The molecule has 3 aromatic rings. The summed E-state index contributed by atoms with van der Waals surface area (Å²) in [4.78, 5) is 6.45. The summed E-state index contributed by atoms with van der Waals surface area (Å²) in [5.41, 5.74) is 2.57. The van der Waals surface area contributed by atoms with E-state index in [0.29, 0.717) is 35.2 Å². The number of aliphatic hydroxyl groups is 1. The molecule has 1 saturated carbocycles. The fourth-order valence-corrected chi connectivity index (χ4v) is 4.43. The van der Waals surface area contributed by atoms with E-state index in [2.05, 4.69) is 25.4 Å². The number of aromatic nitrogens is 4. The van der Waals surface area contributed by atoms with Crippen molar-refractivity contribution in [3.63, 3.8) is 0 Å². The molecule has 1 unspecified atom stereocenters. The third kappa shape index (κ3) is 4.37. The molecule has 1 saturated heterocycles. The van der Waals surface area contributed by atoms with Crippen molar-refractivity contribution < 1.29 is 18.6 Å². The van der Waals surface area contributed by atoms with Crippen LogP contribution in [0, 0.1) is 0 Å². The SMILES string of the molecule is OCCN1CCCC(Nc2nnc(-c3ccc(C4CC4)cc3OC(F)F)c3cncn23)C1. The molecule has 5 rings (SSSR count). The quantitative estimate of drug-likeness (QED) is 0.552. The number of imidazole rings is 1. The van der Waals surface area contributed by atoms with Crippen molar-refractivity contribution in [2.24, 2.45) is 0 Å². The minimum absolute atomic E-state index is 0.106. The molecule has 0 spiro atoms. The first-order chi connectivity index (χ1) is 15.6. The minimum atomic E-state index is -2.92. The number of fused-ring (bicyclic) bond motifs is 1. The highest BCUT2D eigenvalue weighted by Gasteiger charge is 2.26. The second-order valence-electron chi connectivity index (χ2n) is 8.44. The average Bonchev–Trinajstić information content (AvgIpc) is 3.51. The van der Waals surface area contributed by atoms with Gasteiger partial charge in [-0.05, 0) is 55.8 Å². The Morgan fingerprint density at radius 3 is 2.88 bits per heavy atom. The number of halogens is 2. The summed E-state index contributed by atoms with van der Waals surface area (Å²) in [5, 5.41) is 21.4. The molecule has 3 heterocycles. The lowest BCUT2D eigenvalue weighted by Crippen LogP contribution is -2.43. The van der Waals surface area contributed by atoms with Crippen LogP contribution in [0.5, 0.6) is 5.75 Å². The lowest BCUT2D eigenvalue weighted by molar-refractivity contribution is -0.0495. The maximum atomic E-state index is 13.1. The van der Waals surface area contributed by atoms with E-state index >= 15 is 0 Å². The van der Waals surface area contributed by atoms with Gasteiger partial charge in [-0.25, -0.2) is 4.98 Å². The van der Waals surface area contributed by atoms with Crippen molar-refractivity contribution in [1.29, 1.82) is 0 Å². The molecule has 32 heavy (non-hydrogen) atoms. The van der Waals surface area contributed by atoms with Gasteiger partial charge in [0, 0.05) is 24.7 Å². The lowest BCUT2D eigenvalue weighted by Gasteiger charge is -2.32. The number of nitrogens with one attached hydrogen (secondary N) is 1. The van der Waals surface area contributed by atoms with Crippen molar-refractivity contribution in [3.8, 4) is 17.0 Å². The molecule has 10 heteroatoms. The molecule has 170 valence electrons. The molecule has 0 bridgehead atoms. The lowest BCUT2D eigenvalue weighted by atomic mass is 10.0. The van der Waals surface area contributed by atoms with Gasteiger partial charge in [-0.15, -0.1) is 10.2 Å². The van der Waals surface area contributed by atoms with E-state index in [1.807, 2.05) is 6.07 Å². The van der Waals surface area contributed by atoms with Gasteiger partial charge in [-0.3, -0.25) is 9.30 Å². The van der Waals surface area contributed by atoms with Crippen LogP contribution < -0.4 is 10.1 Å². The third-order valence-corrected chi connectivity index (χ3v) is 6.13. The molecular formula is C22H26F2N6O2. The van der Waals surface area contributed by atoms with Crippen molar-refractivity contribution in [1.82, 2.24) is 24.5 Å². The van der Waals surface area contributed by atoms with E-state index in [4.69, 9.17) is 4.74 Å². The number of nitrogens with zero attached hydrogens (tertiary/aromatic N) is 5. The van der Waals surface area contributed by atoms with Gasteiger partial charge in [0.15, 0.2) is 0 Å². The van der Waals surface area contributed by atoms with Gasteiger partial charge in [0.2, 0.25) is 5.95 Å². The molecule has 2 aromatic heterocycles. The van der Waals surface area contributed by atoms with Crippen molar-refractivity contribution >= 4 is 11.5 Å². The Morgan fingerprint density at radius 1 is 1.22 bits per heavy atom. The number of likely N-dealkylation sites (tertiary alicyclic amines) is 1. The van der Waals surface area contributed by atoms with Gasteiger partial charge >= 0.3 is 6.61 Å². The summed E-state index contributed by atoms with van der Waals surface area (Å²) in [5.74, 6) is 1.06. The summed E-state index contributed by atoms with van der Waals surface area (Å²) in [6.45, 7) is -0.378. The number of rotatable bonds is 8. The molecule has 2 fully saturated rings. The highest BCUT2D eigenvalue weighted by molar-refractivity contribution is 5.81. The van der Waals surface area contributed by atoms with Crippen LogP contribution in [-0.2, 0) is 0 Å². The number of hydrogen-bond acceptors (Lipinski definition) is 7. The Kier molecular flexibility index (Phi) is 5.88. The summed E-state index contributed by atoms with van der Waals surface area (Å²) >= 11 is 0. The van der Waals surface area contributed by atoms with Crippen LogP contribution in [0.2, 0.25) is 0 Å². The number of aliphatic hydroxyl groups excluding tert-OH is 1. The van der Waals surface area contributed by atoms with E-state index < -0.39 is 6.61 Å². The Bertz CT molecular complexity index is 1090. The van der Waals surface area contributed by atoms with Gasteiger partial charge in [0.05, 0.1) is 18.3 Å². The van der Waals surface area contributed by atoms with E-state index in [-0.39, 0.29) is 18.4 Å². The molecule has 1 aromatic carbocycles. The molecule has 1 atom stereocenters. The average molecular weight is 444 g/mol. The maximum Gasteiger partial charge on any atom is 0.387 e. The predicted molar refractivity (Wildman–Crippen MR) is 115 cm³/mol. The number of benzene rings is 1. The van der Waals surface area contributed by atoms with Crippen molar-refractivity contribution in [2.45, 2.75) is 44.3 Å². The summed E-state index contributed by atoms with van der Waals surface area (Å²) in [6, 6.07) is 5.58. The van der Waals surface area contributed by atoms with Crippen molar-refractivity contribution in [2.75, 3.05) is 31.6 Å².